The zero-order chi connectivity index (χ0) is 12.5. The van der Waals surface area contributed by atoms with Gasteiger partial charge in [-0.2, -0.15) is 0 Å². The summed E-state index contributed by atoms with van der Waals surface area (Å²) >= 11 is 0. The van der Waals surface area contributed by atoms with Crippen molar-refractivity contribution >= 4 is 8.56 Å². The lowest BCUT2D eigenvalue weighted by Crippen LogP contribution is -2.45. The highest BCUT2D eigenvalue weighted by molar-refractivity contribution is 6.67. The van der Waals surface area contributed by atoms with Crippen molar-refractivity contribution in [3.05, 3.63) is 29.1 Å². The fourth-order valence-corrected chi connectivity index (χ4v) is 4.89. The lowest BCUT2D eigenvalue weighted by Gasteiger charge is -2.35. The van der Waals surface area contributed by atoms with Crippen molar-refractivity contribution in [3.63, 3.8) is 0 Å². The van der Waals surface area contributed by atoms with Crippen LogP contribution in [0.3, 0.4) is 0 Å². The van der Waals surface area contributed by atoms with Gasteiger partial charge in [0.1, 0.15) is 0 Å². The first kappa shape index (κ1) is 12.7. The first-order valence-corrected chi connectivity index (χ1v) is 8.56. The predicted molar refractivity (Wildman–Crippen MR) is 70.3 cm³/mol. The second-order valence-corrected chi connectivity index (χ2v) is 8.47. The molecule has 0 aromatic carbocycles. The van der Waals surface area contributed by atoms with Crippen LogP contribution in [0, 0.1) is 6.92 Å². The molecule has 0 spiro atoms. The smallest absolute Gasteiger partial charge is 0.343 e. The topological polar surface area (TPSA) is 31.4 Å². The largest absolute Gasteiger partial charge is 0.397 e. The van der Waals surface area contributed by atoms with E-state index in [0.29, 0.717) is 5.54 Å². The monoisotopic (exact) mass is 251 g/mol. The second-order valence-electron chi connectivity index (χ2n) is 4.93. The summed E-state index contributed by atoms with van der Waals surface area (Å²) in [5, 5.41) is 0. The Morgan fingerprint density at radius 2 is 2.06 bits per heavy atom. The second kappa shape index (κ2) is 4.88. The van der Waals surface area contributed by atoms with E-state index in [1.165, 1.54) is 23.2 Å². The van der Waals surface area contributed by atoms with Crippen molar-refractivity contribution in [1.82, 2.24) is 4.98 Å². The Balaban J connectivity index is 2.41. The molecular formula is C13H21NO2Si. The van der Waals surface area contributed by atoms with E-state index in [4.69, 9.17) is 8.85 Å². The van der Waals surface area contributed by atoms with Gasteiger partial charge in [-0.05, 0) is 43.9 Å². The highest BCUT2D eigenvalue weighted by atomic mass is 28.4. The molecule has 4 heteroatoms. The molecule has 94 valence electrons. The van der Waals surface area contributed by atoms with Crippen LogP contribution >= 0.6 is 0 Å². The maximum absolute atomic E-state index is 5.69. The van der Waals surface area contributed by atoms with Crippen molar-refractivity contribution < 1.29 is 8.85 Å². The minimum Gasteiger partial charge on any atom is -0.397 e. The first-order valence-electron chi connectivity index (χ1n) is 6.16. The van der Waals surface area contributed by atoms with Gasteiger partial charge in [-0.1, -0.05) is 6.07 Å². The maximum atomic E-state index is 5.69. The van der Waals surface area contributed by atoms with Gasteiger partial charge in [-0.25, -0.2) is 0 Å². The fourth-order valence-electron chi connectivity index (χ4n) is 2.67. The van der Waals surface area contributed by atoms with E-state index < -0.39 is 8.56 Å². The molecule has 2 rings (SSSR count). The van der Waals surface area contributed by atoms with Gasteiger partial charge in [0.05, 0.1) is 0 Å². The zero-order valence-corrected chi connectivity index (χ0v) is 12.1. The van der Waals surface area contributed by atoms with Crippen LogP contribution in [0.1, 0.15) is 35.2 Å². The summed E-state index contributed by atoms with van der Waals surface area (Å²) in [6.45, 7) is 4.23. The van der Waals surface area contributed by atoms with Gasteiger partial charge in [0.25, 0.3) is 0 Å². The lowest BCUT2D eigenvalue weighted by atomic mass is 9.95. The molecule has 0 saturated heterocycles. The van der Waals surface area contributed by atoms with Crippen LogP contribution in [0.2, 0.25) is 6.55 Å². The minimum atomic E-state index is -2.13. The average molecular weight is 251 g/mol. The van der Waals surface area contributed by atoms with Gasteiger partial charge in [0.2, 0.25) is 0 Å². The summed E-state index contributed by atoms with van der Waals surface area (Å²) in [7, 11) is 1.40. The molecule has 3 nitrogen and oxygen atoms in total. The number of pyridine rings is 1. The van der Waals surface area contributed by atoms with Crippen LogP contribution in [0.25, 0.3) is 0 Å². The third-order valence-electron chi connectivity index (χ3n) is 3.85. The highest BCUT2D eigenvalue weighted by Gasteiger charge is 2.43. The van der Waals surface area contributed by atoms with Gasteiger partial charge in [-0.3, -0.25) is 4.98 Å². The molecule has 17 heavy (non-hydrogen) atoms. The number of nitrogens with zero attached hydrogens (tertiary/aromatic N) is 1. The van der Waals surface area contributed by atoms with Gasteiger partial charge in [-0.15, -0.1) is 0 Å². The van der Waals surface area contributed by atoms with Crippen molar-refractivity contribution in [3.8, 4) is 0 Å². The standard InChI is InChI=1S/C13H21NO2Si/c1-10-8-11-6-5-7-12(13(11)14-9-10)17(4,15-2)16-3/h8-9,12H,5-7H2,1-4H3. The molecular weight excluding hydrogens is 230 g/mol. The molecule has 1 aromatic heterocycles. The summed E-state index contributed by atoms with van der Waals surface area (Å²) in [6.07, 6.45) is 5.43. The van der Waals surface area contributed by atoms with E-state index in [1.807, 2.05) is 6.20 Å². The molecule has 1 aliphatic rings. The Morgan fingerprint density at radius 3 is 2.71 bits per heavy atom. The molecule has 1 heterocycles. The highest BCUT2D eigenvalue weighted by Crippen LogP contribution is 2.37. The Morgan fingerprint density at radius 1 is 1.35 bits per heavy atom. The molecule has 1 aromatic rings. The van der Waals surface area contributed by atoms with Crippen molar-refractivity contribution in [2.24, 2.45) is 0 Å². The van der Waals surface area contributed by atoms with E-state index in [1.54, 1.807) is 14.2 Å². The van der Waals surface area contributed by atoms with Crippen LogP contribution in [-0.4, -0.2) is 27.8 Å². The Kier molecular flexibility index (Phi) is 3.66. The number of fused-ring (bicyclic) bond motifs is 1. The van der Waals surface area contributed by atoms with Gasteiger partial charge in [0.15, 0.2) is 0 Å². The quantitative estimate of drug-likeness (QED) is 0.774. The van der Waals surface area contributed by atoms with Crippen molar-refractivity contribution in [2.45, 2.75) is 38.3 Å². The van der Waals surface area contributed by atoms with Crippen LogP contribution in [0.5, 0.6) is 0 Å². The van der Waals surface area contributed by atoms with Crippen LogP contribution in [0.4, 0.5) is 0 Å². The van der Waals surface area contributed by atoms with E-state index in [0.717, 1.165) is 12.8 Å². The fraction of sp³-hybridized carbons (Fsp3) is 0.615. The molecule has 1 aliphatic carbocycles. The number of hydrogen-bond acceptors (Lipinski definition) is 3. The van der Waals surface area contributed by atoms with Crippen molar-refractivity contribution in [1.29, 1.82) is 0 Å². The number of hydrogen-bond donors (Lipinski definition) is 0. The van der Waals surface area contributed by atoms with Crippen LogP contribution < -0.4 is 0 Å². The molecule has 0 aliphatic heterocycles. The summed E-state index contributed by atoms with van der Waals surface area (Å²) in [4.78, 5) is 4.64. The first-order chi connectivity index (χ1) is 8.10. The third kappa shape index (κ3) is 2.30. The molecule has 1 unspecified atom stereocenters. The average Bonchev–Trinajstić information content (AvgIpc) is 2.36. The number of aryl methyl sites for hydroxylation is 2. The van der Waals surface area contributed by atoms with Gasteiger partial charge < -0.3 is 8.85 Å². The molecule has 0 saturated carbocycles. The molecule has 0 fully saturated rings. The molecule has 0 amide bonds. The Bertz CT molecular complexity index is 404. The van der Waals surface area contributed by atoms with E-state index in [2.05, 4.69) is 24.5 Å². The predicted octanol–water partition coefficient (Wildman–Crippen LogP) is 2.71. The third-order valence-corrected chi connectivity index (χ3v) is 7.30. The van der Waals surface area contributed by atoms with Gasteiger partial charge >= 0.3 is 8.56 Å². The van der Waals surface area contributed by atoms with Crippen LogP contribution in [0.15, 0.2) is 12.3 Å². The normalized spacial score (nSPS) is 20.1. The molecule has 0 N–H and O–H groups in total. The minimum absolute atomic E-state index is 0.363. The lowest BCUT2D eigenvalue weighted by molar-refractivity contribution is 0.232. The summed E-state index contributed by atoms with van der Waals surface area (Å²) in [5.74, 6) is 0. The molecule has 1 atom stereocenters. The maximum Gasteiger partial charge on any atom is 0.343 e. The summed E-state index contributed by atoms with van der Waals surface area (Å²) < 4.78 is 11.4. The Labute approximate surface area is 104 Å². The van der Waals surface area contributed by atoms with Gasteiger partial charge in [0, 0.05) is 31.7 Å². The molecule has 0 bridgehead atoms. The van der Waals surface area contributed by atoms with Crippen molar-refractivity contribution in [2.75, 3.05) is 14.2 Å². The Hall–Kier alpha value is -0.713. The number of aromatic nitrogens is 1. The van der Waals surface area contributed by atoms with E-state index in [-0.39, 0.29) is 0 Å². The van der Waals surface area contributed by atoms with E-state index in [9.17, 15) is 0 Å². The van der Waals surface area contributed by atoms with E-state index >= 15 is 0 Å². The zero-order valence-electron chi connectivity index (χ0n) is 11.1. The van der Waals surface area contributed by atoms with Crippen LogP contribution in [-0.2, 0) is 15.3 Å². The summed E-state index contributed by atoms with van der Waals surface area (Å²) in [6, 6.07) is 2.26. The molecule has 0 radical (unpaired) electrons. The SMILES string of the molecule is CO[Si](C)(OC)C1CCCc2cc(C)cnc21. The number of rotatable bonds is 3. The summed E-state index contributed by atoms with van der Waals surface area (Å²) in [5.41, 5.74) is 4.19.